The fraction of sp³-hybridized carbons (Fsp3) is 1.00. The van der Waals surface area contributed by atoms with Gasteiger partial charge in [0.15, 0.2) is 0 Å². The zero-order chi connectivity index (χ0) is 13.9. The molecule has 19 heavy (non-hydrogen) atoms. The second kappa shape index (κ2) is 6.58. The predicted molar refractivity (Wildman–Crippen MR) is 81.2 cm³/mol. The van der Waals surface area contributed by atoms with E-state index in [0.29, 0.717) is 12.0 Å². The lowest BCUT2D eigenvalue weighted by molar-refractivity contribution is 0.0309. The van der Waals surface area contributed by atoms with Crippen molar-refractivity contribution in [3.05, 3.63) is 0 Å². The van der Waals surface area contributed by atoms with Crippen molar-refractivity contribution in [2.75, 3.05) is 6.54 Å². The second-order valence-corrected chi connectivity index (χ2v) is 7.79. The third-order valence-corrected chi connectivity index (χ3v) is 5.16. The Balaban J connectivity index is 1.74. The molecular formula is C17H33NO. The summed E-state index contributed by atoms with van der Waals surface area (Å²) >= 11 is 0. The molecule has 4 atom stereocenters. The average molecular weight is 267 g/mol. The first-order chi connectivity index (χ1) is 8.96. The monoisotopic (exact) mass is 267 g/mol. The molecule has 0 saturated heterocycles. The van der Waals surface area contributed by atoms with Crippen molar-refractivity contribution in [1.82, 2.24) is 5.32 Å². The Labute approximate surface area is 119 Å². The maximum absolute atomic E-state index is 10.4. The van der Waals surface area contributed by atoms with E-state index in [9.17, 15) is 5.11 Å². The van der Waals surface area contributed by atoms with Gasteiger partial charge < -0.3 is 10.4 Å². The van der Waals surface area contributed by atoms with Crippen molar-refractivity contribution >= 4 is 0 Å². The summed E-state index contributed by atoms with van der Waals surface area (Å²) in [6.07, 6.45) is 10.8. The first-order valence-electron chi connectivity index (χ1n) is 8.42. The largest absolute Gasteiger partial charge is 0.389 e. The van der Waals surface area contributed by atoms with Crippen LogP contribution in [0.4, 0.5) is 0 Å². The smallest absolute Gasteiger partial charge is 0.0746 e. The van der Waals surface area contributed by atoms with Crippen molar-refractivity contribution in [2.45, 2.75) is 83.8 Å². The van der Waals surface area contributed by atoms with Crippen molar-refractivity contribution in [2.24, 2.45) is 17.8 Å². The zero-order valence-corrected chi connectivity index (χ0v) is 13.1. The minimum absolute atomic E-state index is 0.544. The summed E-state index contributed by atoms with van der Waals surface area (Å²) in [7, 11) is 0. The molecular weight excluding hydrogens is 234 g/mol. The van der Waals surface area contributed by atoms with Gasteiger partial charge in [0.1, 0.15) is 0 Å². The minimum Gasteiger partial charge on any atom is -0.389 e. The van der Waals surface area contributed by atoms with Crippen LogP contribution >= 0.6 is 0 Å². The van der Waals surface area contributed by atoms with Crippen LogP contribution in [0.5, 0.6) is 0 Å². The van der Waals surface area contributed by atoms with Crippen LogP contribution in [0, 0.1) is 17.8 Å². The van der Waals surface area contributed by atoms with Gasteiger partial charge >= 0.3 is 0 Å². The molecule has 0 spiro atoms. The lowest BCUT2D eigenvalue weighted by Gasteiger charge is -2.40. The van der Waals surface area contributed by atoms with E-state index in [-0.39, 0.29) is 0 Å². The number of fused-ring (bicyclic) bond motifs is 1. The van der Waals surface area contributed by atoms with Gasteiger partial charge in [-0.2, -0.15) is 0 Å². The summed E-state index contributed by atoms with van der Waals surface area (Å²) in [6.45, 7) is 7.10. The third kappa shape index (κ3) is 4.75. The predicted octanol–water partition coefficient (Wildman–Crippen LogP) is 3.73. The van der Waals surface area contributed by atoms with Crippen molar-refractivity contribution in [1.29, 1.82) is 0 Å². The Kier molecular flexibility index (Phi) is 5.30. The Morgan fingerprint density at radius 3 is 2.47 bits per heavy atom. The summed E-state index contributed by atoms with van der Waals surface area (Å²) in [5.41, 5.74) is -0.544. The molecule has 2 heteroatoms. The van der Waals surface area contributed by atoms with Crippen molar-refractivity contribution < 1.29 is 5.11 Å². The Morgan fingerprint density at radius 1 is 1.11 bits per heavy atom. The maximum atomic E-state index is 10.4. The standard InChI is InChI=1S/C17H33NO/c1-13(2)11-17(3,19)12-18-16-9-8-14-6-4-5-7-15(14)10-16/h13-16,18-19H,4-12H2,1-3H3. The minimum atomic E-state index is -0.544. The van der Waals surface area contributed by atoms with E-state index in [1.54, 1.807) is 0 Å². The van der Waals surface area contributed by atoms with E-state index >= 15 is 0 Å². The van der Waals surface area contributed by atoms with E-state index in [0.717, 1.165) is 24.8 Å². The molecule has 112 valence electrons. The highest BCUT2D eigenvalue weighted by atomic mass is 16.3. The summed E-state index contributed by atoms with van der Waals surface area (Å²) < 4.78 is 0. The number of rotatable bonds is 5. The molecule has 0 aliphatic heterocycles. The van der Waals surface area contributed by atoms with E-state index in [1.807, 2.05) is 6.92 Å². The molecule has 0 bridgehead atoms. The van der Waals surface area contributed by atoms with Gasteiger partial charge in [-0.05, 0) is 50.4 Å². The van der Waals surface area contributed by atoms with Crippen LogP contribution in [-0.2, 0) is 0 Å². The molecule has 2 saturated carbocycles. The van der Waals surface area contributed by atoms with Gasteiger partial charge in [-0.15, -0.1) is 0 Å². The molecule has 2 nitrogen and oxygen atoms in total. The maximum Gasteiger partial charge on any atom is 0.0746 e. The molecule has 0 heterocycles. The third-order valence-electron chi connectivity index (χ3n) is 5.16. The van der Waals surface area contributed by atoms with Gasteiger partial charge in [-0.25, -0.2) is 0 Å². The molecule has 4 unspecified atom stereocenters. The zero-order valence-electron chi connectivity index (χ0n) is 13.1. The molecule has 0 aromatic carbocycles. The van der Waals surface area contributed by atoms with Crippen LogP contribution in [0.25, 0.3) is 0 Å². The summed E-state index contributed by atoms with van der Waals surface area (Å²) in [5.74, 6) is 2.55. The van der Waals surface area contributed by atoms with Crippen LogP contribution in [-0.4, -0.2) is 23.3 Å². The highest BCUT2D eigenvalue weighted by Gasteiger charge is 2.33. The molecule has 2 fully saturated rings. The van der Waals surface area contributed by atoms with Gasteiger partial charge in [0.25, 0.3) is 0 Å². The summed E-state index contributed by atoms with van der Waals surface area (Å²) in [6, 6.07) is 0.651. The Bertz CT molecular complexity index is 274. The molecule has 2 rings (SSSR count). The van der Waals surface area contributed by atoms with Gasteiger partial charge in [-0.3, -0.25) is 0 Å². The Hall–Kier alpha value is -0.0800. The highest BCUT2D eigenvalue weighted by Crippen LogP contribution is 2.40. The van der Waals surface area contributed by atoms with Crippen LogP contribution < -0.4 is 5.32 Å². The molecule has 2 aliphatic rings. The molecule has 2 N–H and O–H groups in total. The van der Waals surface area contributed by atoms with Crippen LogP contribution in [0.15, 0.2) is 0 Å². The summed E-state index contributed by atoms with van der Waals surface area (Å²) in [4.78, 5) is 0. The lowest BCUT2D eigenvalue weighted by atomic mass is 9.69. The van der Waals surface area contributed by atoms with Crippen molar-refractivity contribution in [3.63, 3.8) is 0 Å². The van der Waals surface area contributed by atoms with Crippen molar-refractivity contribution in [3.8, 4) is 0 Å². The van der Waals surface area contributed by atoms with Crippen LogP contribution in [0.2, 0.25) is 0 Å². The van der Waals surface area contributed by atoms with E-state index < -0.39 is 5.60 Å². The Morgan fingerprint density at radius 2 is 1.79 bits per heavy atom. The van der Waals surface area contributed by atoms with Gasteiger partial charge in [0.2, 0.25) is 0 Å². The van der Waals surface area contributed by atoms with E-state index in [2.05, 4.69) is 19.2 Å². The quantitative estimate of drug-likeness (QED) is 0.795. The first-order valence-corrected chi connectivity index (χ1v) is 8.42. The molecule has 0 aromatic rings. The van der Waals surface area contributed by atoms with Gasteiger partial charge in [-0.1, -0.05) is 39.5 Å². The summed E-state index contributed by atoms with van der Waals surface area (Å²) in [5, 5.41) is 14.0. The van der Waals surface area contributed by atoms with E-state index in [4.69, 9.17) is 0 Å². The fourth-order valence-corrected chi connectivity index (χ4v) is 4.37. The van der Waals surface area contributed by atoms with Gasteiger partial charge in [0.05, 0.1) is 5.60 Å². The lowest BCUT2D eigenvalue weighted by Crippen LogP contribution is -2.46. The van der Waals surface area contributed by atoms with Crippen LogP contribution in [0.1, 0.15) is 72.1 Å². The van der Waals surface area contributed by atoms with Gasteiger partial charge in [0, 0.05) is 12.6 Å². The average Bonchev–Trinajstić information content (AvgIpc) is 2.35. The SMILES string of the molecule is CC(C)CC(C)(O)CNC1CCC2CCCCC2C1. The normalized spacial score (nSPS) is 34.9. The number of nitrogens with one attached hydrogen (secondary N) is 1. The topological polar surface area (TPSA) is 32.3 Å². The highest BCUT2D eigenvalue weighted by molar-refractivity contribution is 4.88. The number of hydrogen-bond acceptors (Lipinski definition) is 2. The van der Waals surface area contributed by atoms with Crippen LogP contribution in [0.3, 0.4) is 0 Å². The molecule has 0 radical (unpaired) electrons. The van der Waals surface area contributed by atoms with E-state index in [1.165, 1.54) is 44.9 Å². The first kappa shape index (κ1) is 15.3. The number of hydrogen-bond donors (Lipinski definition) is 2. The molecule has 0 aromatic heterocycles. The second-order valence-electron chi connectivity index (χ2n) is 7.79. The fourth-order valence-electron chi connectivity index (χ4n) is 4.37. The molecule has 0 amide bonds. The molecule has 2 aliphatic carbocycles. The number of aliphatic hydroxyl groups is 1.